The van der Waals surface area contributed by atoms with E-state index in [1.807, 2.05) is 43.3 Å². The number of fused-ring (bicyclic) bond motifs is 1. The molecule has 0 saturated carbocycles. The van der Waals surface area contributed by atoms with E-state index in [-0.39, 0.29) is 12.6 Å². The molecule has 33 heavy (non-hydrogen) atoms. The van der Waals surface area contributed by atoms with Gasteiger partial charge < -0.3 is 24.4 Å². The smallest absolute Gasteiger partial charge is 0.407 e. The van der Waals surface area contributed by atoms with Gasteiger partial charge in [-0.05, 0) is 35.7 Å². The summed E-state index contributed by atoms with van der Waals surface area (Å²) in [5, 5.41) is 2.91. The van der Waals surface area contributed by atoms with Crippen LogP contribution in [0.1, 0.15) is 35.6 Å². The van der Waals surface area contributed by atoms with Gasteiger partial charge in [0.1, 0.15) is 19.8 Å². The summed E-state index contributed by atoms with van der Waals surface area (Å²) in [6.07, 6.45) is -0.413. The van der Waals surface area contributed by atoms with Gasteiger partial charge in [0.2, 0.25) is 0 Å². The van der Waals surface area contributed by atoms with Crippen LogP contribution in [0.3, 0.4) is 0 Å². The van der Waals surface area contributed by atoms with Crippen LogP contribution in [0.4, 0.5) is 10.5 Å². The van der Waals surface area contributed by atoms with Crippen LogP contribution in [0.15, 0.2) is 72.8 Å². The highest BCUT2D eigenvalue weighted by Gasteiger charge is 2.29. The molecule has 170 valence electrons. The van der Waals surface area contributed by atoms with Gasteiger partial charge in [-0.2, -0.15) is 0 Å². The van der Waals surface area contributed by atoms with Crippen molar-refractivity contribution in [2.75, 3.05) is 31.2 Å². The standard InChI is InChI=1S/C27H28N2O4/c1-19(28-27(30)33-18-20-5-3-2-4-6-20)21-7-9-22(10-8-21)23-16-29(17-23)24-11-12-25-26(15-24)32-14-13-31-25/h2-12,15,19,23H,13-14,16-18H2,1H3,(H,28,30)/t19-/m0/s1. The molecule has 6 nitrogen and oxygen atoms in total. The van der Waals surface area contributed by atoms with Crippen molar-refractivity contribution < 1.29 is 19.0 Å². The molecule has 0 bridgehead atoms. The number of rotatable bonds is 6. The molecule has 1 atom stereocenters. The first-order valence-corrected chi connectivity index (χ1v) is 11.4. The second-order valence-corrected chi connectivity index (χ2v) is 8.52. The normalized spacial score (nSPS) is 16.0. The third-order valence-electron chi connectivity index (χ3n) is 6.23. The summed E-state index contributed by atoms with van der Waals surface area (Å²) in [7, 11) is 0. The number of alkyl carbamates (subject to hydrolysis) is 1. The van der Waals surface area contributed by atoms with E-state index in [4.69, 9.17) is 14.2 Å². The molecule has 2 aliphatic heterocycles. The molecule has 1 fully saturated rings. The first kappa shape index (κ1) is 21.2. The maximum atomic E-state index is 12.1. The van der Waals surface area contributed by atoms with Crippen LogP contribution < -0.4 is 19.7 Å². The van der Waals surface area contributed by atoms with Gasteiger partial charge in [-0.1, -0.05) is 54.6 Å². The lowest BCUT2D eigenvalue weighted by Crippen LogP contribution is -2.45. The SMILES string of the molecule is C[C@H](NC(=O)OCc1ccccc1)c1ccc(C2CN(c3ccc4c(c3)OCCO4)C2)cc1. The van der Waals surface area contributed by atoms with Gasteiger partial charge in [-0.3, -0.25) is 0 Å². The van der Waals surface area contributed by atoms with Gasteiger partial charge in [0.15, 0.2) is 11.5 Å². The average Bonchev–Trinajstić information content (AvgIpc) is 2.83. The van der Waals surface area contributed by atoms with E-state index in [1.165, 1.54) is 11.3 Å². The van der Waals surface area contributed by atoms with E-state index in [0.717, 1.165) is 35.7 Å². The number of carbonyl (C=O) groups excluding carboxylic acids is 1. The van der Waals surface area contributed by atoms with Crippen LogP contribution in [0.5, 0.6) is 11.5 Å². The van der Waals surface area contributed by atoms with Crippen molar-refractivity contribution in [3.63, 3.8) is 0 Å². The highest BCUT2D eigenvalue weighted by atomic mass is 16.6. The molecule has 0 aliphatic carbocycles. The molecule has 0 spiro atoms. The van der Waals surface area contributed by atoms with Crippen LogP contribution in [0.25, 0.3) is 0 Å². The topological polar surface area (TPSA) is 60.0 Å². The van der Waals surface area contributed by atoms with Gasteiger partial charge in [-0.25, -0.2) is 4.79 Å². The van der Waals surface area contributed by atoms with E-state index < -0.39 is 6.09 Å². The van der Waals surface area contributed by atoms with Crippen LogP contribution in [0.2, 0.25) is 0 Å². The minimum atomic E-state index is -0.413. The molecule has 2 heterocycles. The van der Waals surface area contributed by atoms with Crippen LogP contribution in [-0.4, -0.2) is 32.4 Å². The summed E-state index contributed by atoms with van der Waals surface area (Å²) >= 11 is 0. The molecule has 6 heteroatoms. The fourth-order valence-corrected chi connectivity index (χ4v) is 4.21. The maximum Gasteiger partial charge on any atom is 0.407 e. The Morgan fingerprint density at radius 3 is 2.48 bits per heavy atom. The first-order valence-electron chi connectivity index (χ1n) is 11.4. The molecule has 5 rings (SSSR count). The number of nitrogens with zero attached hydrogens (tertiary/aromatic N) is 1. The molecule has 0 aromatic heterocycles. The zero-order chi connectivity index (χ0) is 22.6. The first-order chi connectivity index (χ1) is 16.2. The number of carbonyl (C=O) groups is 1. The van der Waals surface area contributed by atoms with Gasteiger partial charge in [0.05, 0.1) is 6.04 Å². The van der Waals surface area contributed by atoms with Crippen molar-refractivity contribution in [3.8, 4) is 11.5 Å². The Balaban J connectivity index is 1.11. The third-order valence-corrected chi connectivity index (χ3v) is 6.23. The largest absolute Gasteiger partial charge is 0.486 e. The van der Waals surface area contributed by atoms with E-state index in [9.17, 15) is 4.79 Å². The molecule has 1 saturated heterocycles. The predicted molar refractivity (Wildman–Crippen MR) is 127 cm³/mol. The number of hydrogen-bond acceptors (Lipinski definition) is 5. The quantitative estimate of drug-likeness (QED) is 0.577. The molecule has 0 unspecified atom stereocenters. The van der Waals surface area contributed by atoms with Gasteiger partial charge in [0, 0.05) is 30.8 Å². The summed E-state index contributed by atoms with van der Waals surface area (Å²) < 4.78 is 16.6. The third kappa shape index (κ3) is 4.90. The lowest BCUT2D eigenvalue weighted by Gasteiger charge is -2.41. The zero-order valence-corrected chi connectivity index (χ0v) is 18.7. The van der Waals surface area contributed by atoms with Crippen molar-refractivity contribution >= 4 is 11.8 Å². The summed E-state index contributed by atoms with van der Waals surface area (Å²) in [5.74, 6) is 2.14. The highest BCUT2D eigenvalue weighted by molar-refractivity contribution is 5.68. The molecule has 0 radical (unpaired) electrons. The van der Waals surface area contributed by atoms with Crippen molar-refractivity contribution in [3.05, 3.63) is 89.5 Å². The van der Waals surface area contributed by atoms with Crippen LogP contribution in [-0.2, 0) is 11.3 Å². The monoisotopic (exact) mass is 444 g/mol. The molecule has 3 aromatic rings. The molecule has 1 N–H and O–H groups in total. The lowest BCUT2D eigenvalue weighted by atomic mass is 9.90. The lowest BCUT2D eigenvalue weighted by molar-refractivity contribution is 0.136. The van der Waals surface area contributed by atoms with Crippen molar-refractivity contribution in [1.29, 1.82) is 0 Å². The predicted octanol–water partition coefficient (Wildman–Crippen LogP) is 5.05. The summed E-state index contributed by atoms with van der Waals surface area (Å²) in [4.78, 5) is 14.5. The van der Waals surface area contributed by atoms with E-state index >= 15 is 0 Å². The summed E-state index contributed by atoms with van der Waals surface area (Å²) in [6, 6.07) is 24.2. The minimum absolute atomic E-state index is 0.127. The van der Waals surface area contributed by atoms with Crippen LogP contribution in [0, 0.1) is 0 Å². The average molecular weight is 445 g/mol. The molecular weight excluding hydrogens is 416 g/mol. The highest BCUT2D eigenvalue weighted by Crippen LogP contribution is 2.38. The number of amides is 1. The molecule has 3 aromatic carbocycles. The van der Waals surface area contributed by atoms with Crippen molar-refractivity contribution in [2.45, 2.75) is 25.5 Å². The van der Waals surface area contributed by atoms with Gasteiger partial charge >= 0.3 is 6.09 Å². The molecule has 2 aliphatic rings. The fraction of sp³-hybridized carbons (Fsp3) is 0.296. The Morgan fingerprint density at radius 1 is 1.00 bits per heavy atom. The van der Waals surface area contributed by atoms with E-state index in [0.29, 0.717) is 19.1 Å². The van der Waals surface area contributed by atoms with Gasteiger partial charge in [0.25, 0.3) is 0 Å². The van der Waals surface area contributed by atoms with E-state index in [2.05, 4.69) is 46.6 Å². The number of anilines is 1. The minimum Gasteiger partial charge on any atom is -0.486 e. The molecular formula is C27H28N2O4. The van der Waals surface area contributed by atoms with Gasteiger partial charge in [-0.15, -0.1) is 0 Å². The van der Waals surface area contributed by atoms with Crippen molar-refractivity contribution in [1.82, 2.24) is 5.32 Å². The number of benzene rings is 3. The number of hydrogen-bond donors (Lipinski definition) is 1. The number of nitrogens with one attached hydrogen (secondary N) is 1. The maximum absolute atomic E-state index is 12.1. The number of ether oxygens (including phenoxy) is 3. The Kier molecular flexibility index (Phi) is 6.07. The fourth-order valence-electron chi connectivity index (χ4n) is 4.21. The summed E-state index contributed by atoms with van der Waals surface area (Å²) in [5.41, 5.74) is 4.50. The second-order valence-electron chi connectivity index (χ2n) is 8.52. The van der Waals surface area contributed by atoms with Crippen molar-refractivity contribution in [2.24, 2.45) is 0 Å². The Hall–Kier alpha value is -3.67. The molecule has 1 amide bonds. The Labute approximate surface area is 194 Å². The van der Waals surface area contributed by atoms with E-state index in [1.54, 1.807) is 0 Å². The Bertz CT molecular complexity index is 1090. The van der Waals surface area contributed by atoms with Crippen LogP contribution >= 0.6 is 0 Å². The second kappa shape index (κ2) is 9.45. The Morgan fingerprint density at radius 2 is 1.73 bits per heavy atom. The zero-order valence-electron chi connectivity index (χ0n) is 18.7. The summed E-state index contributed by atoms with van der Waals surface area (Å²) in [6.45, 7) is 5.38.